The van der Waals surface area contributed by atoms with Crippen LogP contribution in [0.15, 0.2) is 29.3 Å². The predicted octanol–water partition coefficient (Wildman–Crippen LogP) is 5.98. The summed E-state index contributed by atoms with van der Waals surface area (Å²) in [4.78, 5) is 0. The van der Waals surface area contributed by atoms with Crippen LogP contribution in [0.25, 0.3) is 0 Å². The fourth-order valence-electron chi connectivity index (χ4n) is 5.90. The lowest BCUT2D eigenvalue weighted by Gasteiger charge is -2.56. The highest BCUT2D eigenvalue weighted by molar-refractivity contribution is 5.41. The van der Waals surface area contributed by atoms with E-state index in [1.807, 2.05) is 12.1 Å². The molecule has 1 saturated carbocycles. The van der Waals surface area contributed by atoms with Crippen molar-refractivity contribution in [1.29, 1.82) is 0 Å². The van der Waals surface area contributed by atoms with Crippen LogP contribution in [-0.2, 0) is 0 Å². The highest BCUT2D eigenvalue weighted by atomic mass is 16.5. The minimum Gasteiger partial charge on any atom is -0.497 e. The molecule has 0 aliphatic heterocycles. The predicted molar refractivity (Wildman–Crippen MR) is 104 cm³/mol. The molecule has 25 heavy (non-hydrogen) atoms. The average molecular weight is 343 g/mol. The van der Waals surface area contributed by atoms with Crippen LogP contribution in [0, 0.1) is 23.7 Å². The molecule has 0 aromatic heterocycles. The Balaban J connectivity index is 2.06. The number of aliphatic hydroxyl groups is 1. The molecule has 2 aliphatic rings. The van der Waals surface area contributed by atoms with E-state index in [2.05, 4.69) is 40.7 Å². The molecule has 0 bridgehead atoms. The lowest BCUT2D eigenvalue weighted by Crippen LogP contribution is -2.46. The maximum absolute atomic E-state index is 11.4. The van der Waals surface area contributed by atoms with Crippen LogP contribution in [0.2, 0.25) is 0 Å². The summed E-state index contributed by atoms with van der Waals surface area (Å²) in [6.45, 7) is 11.6. The molecular formula is C23H34O2. The summed E-state index contributed by atoms with van der Waals surface area (Å²) in [5.41, 5.74) is 5.22. The molecule has 0 radical (unpaired) electrons. The lowest BCUT2D eigenvalue weighted by atomic mass is 9.49. The van der Waals surface area contributed by atoms with Crippen molar-refractivity contribution < 1.29 is 9.84 Å². The van der Waals surface area contributed by atoms with Crippen molar-refractivity contribution in [2.45, 2.75) is 72.8 Å². The standard InChI is InChI=1S/C23H34O2/c1-15-12-17(14-18(13-15)25-6)21(24)20-16(2)8-9-19-22(3,4)10-7-11-23(19,20)5/h12-14,19,21,24H,7-11H2,1-6H3. The van der Waals surface area contributed by atoms with Crippen LogP contribution in [0.3, 0.4) is 0 Å². The Morgan fingerprint density at radius 3 is 2.52 bits per heavy atom. The summed E-state index contributed by atoms with van der Waals surface area (Å²) in [7, 11) is 1.69. The van der Waals surface area contributed by atoms with Gasteiger partial charge in [-0.15, -0.1) is 0 Å². The third-order valence-electron chi connectivity index (χ3n) is 7.01. The normalized spacial score (nSPS) is 30.0. The molecule has 1 aromatic rings. The zero-order valence-electron chi connectivity index (χ0n) is 16.8. The third kappa shape index (κ3) is 3.14. The molecule has 1 aromatic carbocycles. The minimum absolute atomic E-state index is 0.0977. The molecule has 2 heteroatoms. The van der Waals surface area contributed by atoms with Crippen LogP contribution >= 0.6 is 0 Å². The first-order valence-corrected chi connectivity index (χ1v) is 9.73. The van der Waals surface area contributed by atoms with E-state index in [4.69, 9.17) is 4.74 Å². The SMILES string of the molecule is COc1cc(C)cc(C(O)C2=C(C)CCC3C(C)(C)CCCC23C)c1. The van der Waals surface area contributed by atoms with Gasteiger partial charge in [0.15, 0.2) is 0 Å². The molecule has 138 valence electrons. The Hall–Kier alpha value is -1.28. The number of fused-ring (bicyclic) bond motifs is 1. The Kier molecular flexibility index (Phi) is 4.79. The zero-order chi connectivity index (χ0) is 18.4. The molecular weight excluding hydrogens is 308 g/mol. The Morgan fingerprint density at radius 1 is 1.12 bits per heavy atom. The van der Waals surface area contributed by atoms with Gasteiger partial charge < -0.3 is 9.84 Å². The van der Waals surface area contributed by atoms with Crippen molar-refractivity contribution in [1.82, 2.24) is 0 Å². The molecule has 2 nitrogen and oxygen atoms in total. The molecule has 3 atom stereocenters. The fraction of sp³-hybridized carbons (Fsp3) is 0.652. The van der Waals surface area contributed by atoms with Gasteiger partial charge in [0.05, 0.1) is 7.11 Å². The van der Waals surface area contributed by atoms with E-state index >= 15 is 0 Å². The van der Waals surface area contributed by atoms with Crippen molar-refractivity contribution in [3.05, 3.63) is 40.5 Å². The zero-order valence-corrected chi connectivity index (χ0v) is 16.8. The summed E-state index contributed by atoms with van der Waals surface area (Å²) in [5, 5.41) is 11.4. The number of aryl methyl sites for hydroxylation is 1. The van der Waals surface area contributed by atoms with Crippen molar-refractivity contribution in [3.8, 4) is 5.75 Å². The van der Waals surface area contributed by atoms with E-state index in [9.17, 15) is 5.11 Å². The van der Waals surface area contributed by atoms with Crippen molar-refractivity contribution >= 4 is 0 Å². The maximum Gasteiger partial charge on any atom is 0.119 e. The smallest absolute Gasteiger partial charge is 0.119 e. The molecule has 0 amide bonds. The minimum atomic E-state index is -0.532. The topological polar surface area (TPSA) is 29.5 Å². The molecule has 1 N–H and O–H groups in total. The van der Waals surface area contributed by atoms with Crippen LogP contribution in [0.4, 0.5) is 0 Å². The van der Waals surface area contributed by atoms with Gasteiger partial charge in [-0.05, 0) is 85.1 Å². The summed E-state index contributed by atoms with van der Waals surface area (Å²) in [6, 6.07) is 6.12. The monoisotopic (exact) mass is 342 g/mol. The number of aliphatic hydroxyl groups excluding tert-OH is 1. The molecule has 0 heterocycles. The van der Waals surface area contributed by atoms with Gasteiger partial charge in [0.2, 0.25) is 0 Å². The van der Waals surface area contributed by atoms with Gasteiger partial charge in [-0.1, -0.05) is 38.8 Å². The highest BCUT2D eigenvalue weighted by Crippen LogP contribution is 2.61. The second-order valence-corrected chi connectivity index (χ2v) is 9.23. The number of allylic oxidation sites excluding steroid dienone is 1. The number of benzene rings is 1. The first-order chi connectivity index (χ1) is 11.7. The third-order valence-corrected chi connectivity index (χ3v) is 7.01. The van der Waals surface area contributed by atoms with Gasteiger partial charge in [0.25, 0.3) is 0 Å². The van der Waals surface area contributed by atoms with E-state index in [0.717, 1.165) is 23.3 Å². The number of hydrogen-bond donors (Lipinski definition) is 1. The number of methoxy groups -OCH3 is 1. The van der Waals surface area contributed by atoms with Crippen LogP contribution < -0.4 is 4.74 Å². The van der Waals surface area contributed by atoms with Gasteiger partial charge in [0.1, 0.15) is 11.9 Å². The lowest BCUT2D eigenvalue weighted by molar-refractivity contribution is -0.00434. The molecule has 0 spiro atoms. The van der Waals surface area contributed by atoms with Crippen LogP contribution in [-0.4, -0.2) is 12.2 Å². The number of hydrogen-bond acceptors (Lipinski definition) is 2. The van der Waals surface area contributed by atoms with Gasteiger partial charge in [-0.3, -0.25) is 0 Å². The van der Waals surface area contributed by atoms with Crippen molar-refractivity contribution in [2.75, 3.05) is 7.11 Å². The number of rotatable bonds is 3. The van der Waals surface area contributed by atoms with E-state index in [0.29, 0.717) is 11.3 Å². The summed E-state index contributed by atoms with van der Waals surface area (Å²) >= 11 is 0. The molecule has 2 aliphatic carbocycles. The Bertz CT molecular complexity index is 685. The van der Waals surface area contributed by atoms with E-state index in [1.165, 1.54) is 36.8 Å². The number of ether oxygens (including phenoxy) is 1. The summed E-state index contributed by atoms with van der Waals surface area (Å²) < 4.78 is 5.44. The van der Waals surface area contributed by atoms with Gasteiger partial charge in [-0.25, -0.2) is 0 Å². The van der Waals surface area contributed by atoms with Crippen LogP contribution in [0.1, 0.15) is 77.0 Å². The van der Waals surface area contributed by atoms with E-state index in [1.54, 1.807) is 7.11 Å². The van der Waals surface area contributed by atoms with Crippen LogP contribution in [0.5, 0.6) is 5.75 Å². The molecule has 1 fully saturated rings. The fourth-order valence-corrected chi connectivity index (χ4v) is 5.90. The Labute approximate surface area is 153 Å². The Morgan fingerprint density at radius 2 is 1.84 bits per heavy atom. The quantitative estimate of drug-likeness (QED) is 0.685. The largest absolute Gasteiger partial charge is 0.497 e. The van der Waals surface area contributed by atoms with Gasteiger partial charge in [0, 0.05) is 0 Å². The first kappa shape index (κ1) is 18.5. The second-order valence-electron chi connectivity index (χ2n) is 9.23. The summed E-state index contributed by atoms with van der Waals surface area (Å²) in [5.74, 6) is 1.47. The molecule has 3 rings (SSSR count). The van der Waals surface area contributed by atoms with E-state index < -0.39 is 6.10 Å². The van der Waals surface area contributed by atoms with Gasteiger partial charge in [-0.2, -0.15) is 0 Å². The molecule has 0 saturated heterocycles. The van der Waals surface area contributed by atoms with Crippen molar-refractivity contribution in [3.63, 3.8) is 0 Å². The van der Waals surface area contributed by atoms with E-state index in [-0.39, 0.29) is 5.41 Å². The highest BCUT2D eigenvalue weighted by Gasteiger charge is 2.51. The second kappa shape index (κ2) is 6.46. The van der Waals surface area contributed by atoms with Gasteiger partial charge >= 0.3 is 0 Å². The van der Waals surface area contributed by atoms with Crippen molar-refractivity contribution in [2.24, 2.45) is 16.7 Å². The summed E-state index contributed by atoms with van der Waals surface area (Å²) in [6.07, 6.45) is 5.57. The molecule has 3 unspecified atom stereocenters. The average Bonchev–Trinajstić information content (AvgIpc) is 2.52. The first-order valence-electron chi connectivity index (χ1n) is 9.73. The maximum atomic E-state index is 11.4.